The number of hydrogen-bond acceptors (Lipinski definition) is 5. The van der Waals surface area contributed by atoms with E-state index in [1.54, 1.807) is 6.20 Å². The molecule has 0 saturated carbocycles. The van der Waals surface area contributed by atoms with E-state index in [4.69, 9.17) is 0 Å². The van der Waals surface area contributed by atoms with Gasteiger partial charge in [-0.1, -0.05) is 6.07 Å². The Morgan fingerprint density at radius 2 is 1.83 bits per heavy atom. The van der Waals surface area contributed by atoms with E-state index in [2.05, 4.69) is 25.2 Å². The molecule has 4 rings (SSSR count). The number of carbonyl (C=O) groups is 1. The van der Waals surface area contributed by atoms with Crippen molar-refractivity contribution in [1.29, 1.82) is 0 Å². The lowest BCUT2D eigenvalue weighted by Crippen LogP contribution is -2.44. The normalized spacial score (nSPS) is 15.1. The third-order valence-corrected chi connectivity index (χ3v) is 5.12. The van der Waals surface area contributed by atoms with Crippen LogP contribution >= 0.6 is 0 Å². The van der Waals surface area contributed by atoms with Crippen LogP contribution in [0.25, 0.3) is 11.4 Å². The lowest BCUT2D eigenvalue weighted by atomic mass is 10.0. The number of hydrogen-bond donors (Lipinski definition) is 1. The topological polar surface area (TPSA) is 71.0 Å². The molecular weight excluding hydrogens is 388 g/mol. The Bertz CT molecular complexity index is 1010. The maximum Gasteiger partial charge on any atom is 0.254 e. The summed E-state index contributed by atoms with van der Waals surface area (Å²) in [5, 5.41) is 3.00. The molecule has 30 heavy (non-hydrogen) atoms. The van der Waals surface area contributed by atoms with E-state index >= 15 is 0 Å². The van der Waals surface area contributed by atoms with Crippen LogP contribution in [0.4, 0.5) is 8.78 Å². The molecule has 1 aliphatic heterocycles. The zero-order valence-corrected chi connectivity index (χ0v) is 16.3. The molecule has 0 bridgehead atoms. The van der Waals surface area contributed by atoms with Crippen molar-refractivity contribution in [1.82, 2.24) is 25.2 Å². The highest BCUT2D eigenvalue weighted by atomic mass is 19.1. The Morgan fingerprint density at radius 3 is 2.53 bits per heavy atom. The summed E-state index contributed by atoms with van der Waals surface area (Å²) in [6, 6.07) is 9.03. The van der Waals surface area contributed by atoms with Crippen LogP contribution < -0.4 is 5.32 Å². The van der Waals surface area contributed by atoms with Gasteiger partial charge in [0.25, 0.3) is 5.91 Å². The van der Waals surface area contributed by atoms with Gasteiger partial charge in [0, 0.05) is 44.3 Å². The van der Waals surface area contributed by atoms with Crippen molar-refractivity contribution in [2.24, 2.45) is 0 Å². The highest BCUT2D eigenvalue weighted by Gasteiger charge is 2.22. The predicted molar refractivity (Wildman–Crippen MR) is 107 cm³/mol. The van der Waals surface area contributed by atoms with E-state index in [9.17, 15) is 13.6 Å². The molecule has 0 radical (unpaired) electrons. The van der Waals surface area contributed by atoms with Crippen molar-refractivity contribution in [3.63, 3.8) is 0 Å². The van der Waals surface area contributed by atoms with Gasteiger partial charge in [0.2, 0.25) is 0 Å². The summed E-state index contributed by atoms with van der Waals surface area (Å²) < 4.78 is 27.2. The van der Waals surface area contributed by atoms with Gasteiger partial charge < -0.3 is 5.32 Å². The third-order valence-electron chi connectivity index (χ3n) is 5.12. The van der Waals surface area contributed by atoms with Crippen LogP contribution in [0, 0.1) is 11.6 Å². The molecule has 154 valence electrons. The van der Waals surface area contributed by atoms with Gasteiger partial charge in [-0.25, -0.2) is 18.7 Å². The molecule has 0 spiro atoms. The van der Waals surface area contributed by atoms with E-state index in [1.165, 1.54) is 12.4 Å². The minimum Gasteiger partial charge on any atom is -0.349 e. The number of amides is 1. The molecule has 0 aliphatic carbocycles. The van der Waals surface area contributed by atoms with Gasteiger partial charge >= 0.3 is 0 Å². The number of nitrogens with zero attached hydrogens (tertiary/aromatic N) is 4. The summed E-state index contributed by atoms with van der Waals surface area (Å²) in [5.41, 5.74) is 1.28. The molecule has 1 saturated heterocycles. The fourth-order valence-electron chi connectivity index (χ4n) is 3.48. The van der Waals surface area contributed by atoms with Gasteiger partial charge in [0.15, 0.2) is 5.82 Å². The molecule has 3 heterocycles. The number of carbonyl (C=O) groups excluding carboxylic acids is 1. The van der Waals surface area contributed by atoms with E-state index < -0.39 is 11.6 Å². The first-order chi connectivity index (χ1) is 14.6. The average molecular weight is 409 g/mol. The monoisotopic (exact) mass is 409 g/mol. The Labute approximate surface area is 173 Å². The second kappa shape index (κ2) is 9.04. The quantitative estimate of drug-likeness (QED) is 0.701. The van der Waals surface area contributed by atoms with Crippen molar-refractivity contribution >= 4 is 5.91 Å². The molecular formula is C22H21F2N5O. The Morgan fingerprint density at radius 1 is 1.07 bits per heavy atom. The number of halogens is 2. The van der Waals surface area contributed by atoms with Crippen LogP contribution in [0.15, 0.2) is 55.0 Å². The molecule has 0 unspecified atom stereocenters. The van der Waals surface area contributed by atoms with Crippen molar-refractivity contribution in [2.45, 2.75) is 25.4 Å². The van der Waals surface area contributed by atoms with Crippen LogP contribution in [-0.4, -0.2) is 44.9 Å². The molecule has 2 aromatic heterocycles. The van der Waals surface area contributed by atoms with Gasteiger partial charge in [0.1, 0.15) is 11.6 Å². The first kappa shape index (κ1) is 20.0. The number of nitrogens with one attached hydrogen (secondary N) is 1. The lowest BCUT2D eigenvalue weighted by molar-refractivity contribution is 0.0908. The fraction of sp³-hybridized carbons (Fsp3) is 0.273. The smallest absolute Gasteiger partial charge is 0.254 e. The molecule has 1 aliphatic rings. The zero-order chi connectivity index (χ0) is 20.9. The zero-order valence-electron chi connectivity index (χ0n) is 16.3. The van der Waals surface area contributed by atoms with Crippen molar-refractivity contribution in [3.8, 4) is 11.4 Å². The van der Waals surface area contributed by atoms with Gasteiger partial charge in [-0.05, 0) is 43.2 Å². The van der Waals surface area contributed by atoms with Gasteiger partial charge in [0.05, 0.1) is 16.8 Å². The highest BCUT2D eigenvalue weighted by Crippen LogP contribution is 2.20. The lowest BCUT2D eigenvalue weighted by Gasteiger charge is -2.32. The molecule has 1 amide bonds. The van der Waals surface area contributed by atoms with E-state index in [-0.39, 0.29) is 28.9 Å². The first-order valence-electron chi connectivity index (χ1n) is 9.79. The standard InChI is InChI=1S/C22H21F2N5O/c23-16-4-5-20(24)19(11-16)21-26-12-15(13-27-21)22(30)28-17-6-9-29(10-7-17)14-18-3-1-2-8-25-18/h1-5,8,11-13,17H,6-7,9-10,14H2,(H,28,30). The minimum absolute atomic E-state index is 0.0337. The fourth-order valence-corrected chi connectivity index (χ4v) is 3.48. The molecule has 1 fully saturated rings. The summed E-state index contributed by atoms with van der Waals surface area (Å²) in [5.74, 6) is -1.44. The molecule has 1 aromatic carbocycles. The second-order valence-electron chi connectivity index (χ2n) is 7.26. The van der Waals surface area contributed by atoms with E-state index in [0.717, 1.165) is 56.4 Å². The number of rotatable bonds is 5. The van der Waals surface area contributed by atoms with Crippen LogP contribution in [-0.2, 0) is 6.54 Å². The van der Waals surface area contributed by atoms with Crippen molar-refractivity contribution < 1.29 is 13.6 Å². The molecule has 3 aromatic rings. The molecule has 6 nitrogen and oxygen atoms in total. The van der Waals surface area contributed by atoms with Crippen LogP contribution in [0.1, 0.15) is 28.9 Å². The first-order valence-corrected chi connectivity index (χ1v) is 9.79. The Kier molecular flexibility index (Phi) is 6.04. The number of likely N-dealkylation sites (tertiary alicyclic amines) is 1. The number of aromatic nitrogens is 3. The van der Waals surface area contributed by atoms with Crippen LogP contribution in [0.2, 0.25) is 0 Å². The van der Waals surface area contributed by atoms with Crippen LogP contribution in [0.3, 0.4) is 0 Å². The third kappa shape index (κ3) is 4.83. The summed E-state index contributed by atoms with van der Waals surface area (Å²) in [6.07, 6.45) is 6.13. The molecule has 1 N–H and O–H groups in total. The van der Waals surface area contributed by atoms with Crippen molar-refractivity contribution in [3.05, 3.63) is 77.9 Å². The van der Waals surface area contributed by atoms with E-state index in [1.807, 2.05) is 18.2 Å². The SMILES string of the molecule is O=C(NC1CCN(Cc2ccccn2)CC1)c1cnc(-c2cc(F)ccc2F)nc1. The number of piperidine rings is 1. The average Bonchev–Trinajstić information content (AvgIpc) is 2.77. The summed E-state index contributed by atoms with van der Waals surface area (Å²) in [4.78, 5) is 27.2. The Hall–Kier alpha value is -3.26. The Balaban J connectivity index is 1.32. The van der Waals surface area contributed by atoms with Gasteiger partial charge in [-0.15, -0.1) is 0 Å². The second-order valence-corrected chi connectivity index (χ2v) is 7.26. The summed E-state index contributed by atoms with van der Waals surface area (Å²) in [7, 11) is 0. The van der Waals surface area contributed by atoms with E-state index in [0.29, 0.717) is 0 Å². The summed E-state index contributed by atoms with van der Waals surface area (Å²) in [6.45, 7) is 2.54. The maximum absolute atomic E-state index is 13.9. The van der Waals surface area contributed by atoms with Gasteiger partial charge in [-0.3, -0.25) is 14.7 Å². The number of pyridine rings is 1. The summed E-state index contributed by atoms with van der Waals surface area (Å²) >= 11 is 0. The van der Waals surface area contributed by atoms with Crippen molar-refractivity contribution in [2.75, 3.05) is 13.1 Å². The van der Waals surface area contributed by atoms with Gasteiger partial charge in [-0.2, -0.15) is 0 Å². The molecule has 0 atom stereocenters. The largest absolute Gasteiger partial charge is 0.349 e. The highest BCUT2D eigenvalue weighted by molar-refractivity contribution is 5.93. The maximum atomic E-state index is 13.9. The predicted octanol–water partition coefficient (Wildman–Crippen LogP) is 3.21. The van der Waals surface area contributed by atoms with Crippen LogP contribution in [0.5, 0.6) is 0 Å². The number of benzene rings is 1. The molecule has 8 heteroatoms. The minimum atomic E-state index is -0.619.